The van der Waals surface area contributed by atoms with Gasteiger partial charge in [-0.05, 0) is 0 Å². The zero-order chi connectivity index (χ0) is 7.72. The Morgan fingerprint density at radius 1 is 0.909 bits per heavy atom. The van der Waals surface area contributed by atoms with Crippen LogP contribution in [0.4, 0.5) is 0 Å². The van der Waals surface area contributed by atoms with E-state index in [4.69, 9.17) is 10.2 Å². The molecule has 0 bridgehead atoms. The zero-order valence-electron chi connectivity index (χ0n) is 5.17. The summed E-state index contributed by atoms with van der Waals surface area (Å²) in [6.07, 6.45) is 1.36. The van der Waals surface area contributed by atoms with Gasteiger partial charge in [0.05, 0.1) is 0 Å². The summed E-state index contributed by atoms with van der Waals surface area (Å²) in [6, 6.07) is 0. The molecule has 0 saturated carbocycles. The van der Waals surface area contributed by atoms with Crippen molar-refractivity contribution in [2.24, 2.45) is 0 Å². The van der Waals surface area contributed by atoms with E-state index in [0.717, 1.165) is 0 Å². The van der Waals surface area contributed by atoms with Gasteiger partial charge in [0.15, 0.2) is 11.5 Å². The van der Waals surface area contributed by atoms with Gasteiger partial charge >= 0.3 is 0 Å². The molecule has 0 unspecified atom stereocenters. The summed E-state index contributed by atoms with van der Waals surface area (Å²) in [7, 11) is 0. The van der Waals surface area contributed by atoms with Crippen LogP contribution in [0, 0.1) is 0 Å². The smallest absolute Gasteiger partial charge is 0.224 e. The van der Waals surface area contributed by atoms with Gasteiger partial charge in [-0.15, -0.1) is 0 Å². The molecular weight excluding hydrogens is 200 g/mol. The molecule has 0 spiro atoms. The third-order valence-corrected chi connectivity index (χ3v) is 1.04. The van der Waals surface area contributed by atoms with Gasteiger partial charge in [0.2, 0.25) is 11.6 Å². The van der Waals surface area contributed by atoms with Crippen molar-refractivity contribution in [1.29, 1.82) is 0 Å². The number of aliphatic hydroxyl groups is 2. The predicted octanol–water partition coefficient (Wildman–Crippen LogP) is 0.0195. The summed E-state index contributed by atoms with van der Waals surface area (Å²) in [4.78, 5) is 20.9. The van der Waals surface area contributed by atoms with Gasteiger partial charge in [0, 0.05) is 29.2 Å². The predicted molar refractivity (Wildman–Crippen MR) is 31.4 cm³/mol. The van der Waals surface area contributed by atoms with Crippen molar-refractivity contribution in [3.8, 4) is 0 Å². The average Bonchev–Trinajstić information content (AvgIpc) is 1.84. The number of aliphatic hydroxyl groups excluding tert-OH is 2. The van der Waals surface area contributed by atoms with E-state index < -0.39 is 23.1 Å². The molecule has 11 heavy (non-hydrogen) atoms. The van der Waals surface area contributed by atoms with Crippen molar-refractivity contribution >= 4 is 11.6 Å². The quantitative estimate of drug-likeness (QED) is 0.430. The van der Waals surface area contributed by atoms with Crippen LogP contribution in [0.1, 0.15) is 0 Å². The monoisotopic (exact) mass is 203 g/mol. The molecule has 4 nitrogen and oxygen atoms in total. The van der Waals surface area contributed by atoms with Crippen LogP contribution < -0.4 is 0 Å². The van der Waals surface area contributed by atoms with Crippen LogP contribution in [0.25, 0.3) is 0 Å². The molecule has 2 N–H and O–H groups in total. The van der Waals surface area contributed by atoms with Crippen LogP contribution in [0.2, 0.25) is 0 Å². The number of hydrogen-bond donors (Lipinski definition) is 2. The molecular formula is C6H4CuO4. The second kappa shape index (κ2) is 3.37. The van der Waals surface area contributed by atoms with E-state index in [9.17, 15) is 9.59 Å². The van der Waals surface area contributed by atoms with E-state index >= 15 is 0 Å². The van der Waals surface area contributed by atoms with Crippen molar-refractivity contribution < 1.29 is 36.9 Å². The van der Waals surface area contributed by atoms with Gasteiger partial charge in [-0.3, -0.25) is 9.59 Å². The minimum absolute atomic E-state index is 0. The number of ketones is 2. The molecule has 0 aromatic heterocycles. The van der Waals surface area contributed by atoms with Gasteiger partial charge in [0.25, 0.3) is 0 Å². The van der Waals surface area contributed by atoms with Crippen molar-refractivity contribution in [3.63, 3.8) is 0 Å². The van der Waals surface area contributed by atoms with Crippen LogP contribution >= 0.6 is 0 Å². The average molecular weight is 204 g/mol. The van der Waals surface area contributed by atoms with Gasteiger partial charge in [-0.2, -0.15) is 0 Å². The number of carbonyl (C=O) groups excluding carboxylic acids is 2. The van der Waals surface area contributed by atoms with Crippen molar-refractivity contribution in [2.45, 2.75) is 0 Å². The maximum absolute atomic E-state index is 10.4. The molecule has 0 atom stereocenters. The Hall–Kier alpha value is -1.06. The first-order chi connectivity index (χ1) is 4.61. The molecule has 1 aliphatic carbocycles. The standard InChI is InChI=1S/C6H4O4.Cu/c7-3-1-4(8)6(10)2-5(3)9;/h1-2,7,10H;. The van der Waals surface area contributed by atoms with E-state index in [0.29, 0.717) is 12.2 Å². The Balaban J connectivity index is 0.000001000. The summed E-state index contributed by atoms with van der Waals surface area (Å²) in [5.41, 5.74) is 0. The second-order valence-electron chi connectivity index (χ2n) is 1.79. The fourth-order valence-corrected chi connectivity index (χ4v) is 0.538. The zero-order valence-corrected chi connectivity index (χ0v) is 6.11. The van der Waals surface area contributed by atoms with Gasteiger partial charge in [-0.1, -0.05) is 0 Å². The van der Waals surface area contributed by atoms with Crippen molar-refractivity contribution in [3.05, 3.63) is 23.7 Å². The molecule has 5 heteroatoms. The van der Waals surface area contributed by atoms with E-state index in [2.05, 4.69) is 0 Å². The first kappa shape index (κ1) is 9.94. The Morgan fingerprint density at radius 2 is 1.18 bits per heavy atom. The Labute approximate surface area is 72.7 Å². The molecule has 0 aliphatic heterocycles. The molecule has 0 heterocycles. The van der Waals surface area contributed by atoms with Gasteiger partial charge < -0.3 is 10.2 Å². The number of hydrogen-bond acceptors (Lipinski definition) is 4. The first-order valence-electron chi connectivity index (χ1n) is 2.51. The molecule has 0 fully saturated rings. The van der Waals surface area contributed by atoms with Crippen LogP contribution in [0.5, 0.6) is 0 Å². The van der Waals surface area contributed by atoms with E-state index in [1.165, 1.54) is 0 Å². The van der Waals surface area contributed by atoms with E-state index in [1.807, 2.05) is 0 Å². The first-order valence-corrected chi connectivity index (χ1v) is 2.51. The summed E-state index contributed by atoms with van der Waals surface area (Å²) < 4.78 is 0. The summed E-state index contributed by atoms with van der Waals surface area (Å²) >= 11 is 0. The molecule has 0 aromatic rings. The minimum atomic E-state index is -0.753. The second-order valence-corrected chi connectivity index (χ2v) is 1.79. The fourth-order valence-electron chi connectivity index (χ4n) is 0.538. The molecule has 0 saturated heterocycles. The third-order valence-electron chi connectivity index (χ3n) is 1.04. The summed E-state index contributed by atoms with van der Waals surface area (Å²) in [5, 5.41) is 17.2. The van der Waals surface area contributed by atoms with Crippen molar-refractivity contribution in [1.82, 2.24) is 0 Å². The Morgan fingerprint density at radius 3 is 1.45 bits per heavy atom. The SMILES string of the molecule is O=C1C=C(O)C(=O)C=C1O.[Cu]. The fraction of sp³-hybridized carbons (Fsp3) is 0. The summed E-state index contributed by atoms with van der Waals surface area (Å²) in [6.45, 7) is 0. The Kier molecular flexibility index (Phi) is 3.04. The van der Waals surface area contributed by atoms with Crippen LogP contribution in [-0.4, -0.2) is 21.8 Å². The maximum atomic E-state index is 10.4. The van der Waals surface area contributed by atoms with Crippen LogP contribution in [0.3, 0.4) is 0 Å². The largest absolute Gasteiger partial charge is 0.504 e. The van der Waals surface area contributed by atoms with Crippen LogP contribution in [0.15, 0.2) is 23.7 Å². The van der Waals surface area contributed by atoms with Crippen LogP contribution in [-0.2, 0) is 26.7 Å². The topological polar surface area (TPSA) is 74.6 Å². The normalized spacial score (nSPS) is 16.7. The molecule has 1 radical (unpaired) electrons. The van der Waals surface area contributed by atoms with Crippen molar-refractivity contribution in [2.75, 3.05) is 0 Å². The molecule has 0 aromatic carbocycles. The molecule has 1 aliphatic rings. The maximum Gasteiger partial charge on any atom is 0.224 e. The Bertz CT molecular complexity index is 236. The molecule has 63 valence electrons. The number of allylic oxidation sites excluding steroid dienone is 2. The number of rotatable bonds is 0. The van der Waals surface area contributed by atoms with Gasteiger partial charge in [0.1, 0.15) is 0 Å². The van der Waals surface area contributed by atoms with Gasteiger partial charge in [-0.25, -0.2) is 0 Å². The molecule has 1 rings (SSSR count). The minimum Gasteiger partial charge on any atom is -0.504 e. The third kappa shape index (κ3) is 1.93. The summed E-state index contributed by atoms with van der Waals surface area (Å²) in [5.74, 6) is -2.78. The van der Waals surface area contributed by atoms with E-state index in [-0.39, 0.29) is 17.1 Å². The molecule has 0 amide bonds. The van der Waals surface area contributed by atoms with E-state index in [1.54, 1.807) is 0 Å². The number of carbonyl (C=O) groups is 2.